The number of ketones is 1. The lowest BCUT2D eigenvalue weighted by atomic mass is 9.86. The molecule has 4 nitrogen and oxygen atoms in total. The van der Waals surface area contributed by atoms with Crippen LogP contribution in [0.3, 0.4) is 0 Å². The molecule has 1 N–H and O–H groups in total. The summed E-state index contributed by atoms with van der Waals surface area (Å²) in [6.45, 7) is 12.0. The lowest BCUT2D eigenvalue weighted by Gasteiger charge is -2.30. The highest BCUT2D eigenvalue weighted by Crippen LogP contribution is 2.24. The molecular formula is C31H36N2O2. The van der Waals surface area contributed by atoms with E-state index in [4.69, 9.17) is 0 Å². The molecule has 182 valence electrons. The third-order valence-corrected chi connectivity index (χ3v) is 6.89. The van der Waals surface area contributed by atoms with Gasteiger partial charge in [0.1, 0.15) is 0 Å². The first-order chi connectivity index (χ1) is 16.7. The van der Waals surface area contributed by atoms with E-state index >= 15 is 0 Å². The van der Waals surface area contributed by atoms with E-state index in [9.17, 15) is 9.59 Å². The molecule has 1 fully saturated rings. The summed E-state index contributed by atoms with van der Waals surface area (Å²) in [5.74, 6) is 0.584. The molecule has 0 bridgehead atoms. The number of benzene rings is 3. The van der Waals surface area contributed by atoms with Crippen molar-refractivity contribution in [1.82, 2.24) is 4.90 Å². The molecular weight excluding hydrogens is 432 g/mol. The number of hydrogen-bond donors (Lipinski definition) is 1. The number of piperidine rings is 1. The van der Waals surface area contributed by atoms with E-state index in [1.54, 1.807) is 18.2 Å². The summed E-state index contributed by atoms with van der Waals surface area (Å²) in [5, 5.41) is 2.94. The minimum absolute atomic E-state index is 0.0379. The standard InChI is InChI=1S/C31H36N2O2/c1-22-16-18-33(19-17-22)21-23-8-10-25(11-9-23)30(35)32-28-7-5-6-26(20-28)29(34)24-12-14-27(15-13-24)31(2,3)4/h5-15,20,22H,16-19,21H2,1-4H3,(H,32,35). The van der Waals surface area contributed by atoms with E-state index in [1.165, 1.54) is 24.0 Å². The van der Waals surface area contributed by atoms with Crippen LogP contribution in [0.15, 0.2) is 72.8 Å². The van der Waals surface area contributed by atoms with Crippen LogP contribution in [0.2, 0.25) is 0 Å². The maximum absolute atomic E-state index is 13.0. The minimum Gasteiger partial charge on any atom is -0.322 e. The Kier molecular flexibility index (Phi) is 7.51. The van der Waals surface area contributed by atoms with Crippen LogP contribution in [-0.4, -0.2) is 29.7 Å². The summed E-state index contributed by atoms with van der Waals surface area (Å²) in [6, 6.07) is 22.7. The van der Waals surface area contributed by atoms with Gasteiger partial charge in [0.2, 0.25) is 0 Å². The largest absolute Gasteiger partial charge is 0.322 e. The Labute approximate surface area is 209 Å². The van der Waals surface area contributed by atoms with Crippen molar-refractivity contribution < 1.29 is 9.59 Å². The number of carbonyl (C=O) groups excluding carboxylic acids is 2. The van der Waals surface area contributed by atoms with Gasteiger partial charge in [-0.25, -0.2) is 0 Å². The average molecular weight is 469 g/mol. The highest BCUT2D eigenvalue weighted by Gasteiger charge is 2.17. The van der Waals surface area contributed by atoms with Gasteiger partial charge in [-0.1, -0.05) is 76.2 Å². The summed E-state index contributed by atoms with van der Waals surface area (Å²) in [5.41, 5.74) is 4.86. The van der Waals surface area contributed by atoms with Gasteiger partial charge in [-0.05, 0) is 72.7 Å². The predicted octanol–water partition coefficient (Wildman–Crippen LogP) is 6.70. The maximum atomic E-state index is 13.0. The molecule has 0 aliphatic carbocycles. The second-order valence-electron chi connectivity index (χ2n) is 10.8. The molecule has 0 spiro atoms. The predicted molar refractivity (Wildman–Crippen MR) is 143 cm³/mol. The summed E-state index contributed by atoms with van der Waals surface area (Å²) in [6.07, 6.45) is 2.51. The number of amides is 1. The zero-order chi connectivity index (χ0) is 25.0. The van der Waals surface area contributed by atoms with Gasteiger partial charge in [0.15, 0.2) is 5.78 Å². The summed E-state index contributed by atoms with van der Waals surface area (Å²) in [7, 11) is 0. The van der Waals surface area contributed by atoms with Crippen molar-refractivity contribution in [1.29, 1.82) is 0 Å². The number of carbonyl (C=O) groups is 2. The highest BCUT2D eigenvalue weighted by molar-refractivity contribution is 6.10. The van der Waals surface area contributed by atoms with Crippen molar-refractivity contribution in [3.8, 4) is 0 Å². The molecule has 0 aromatic heterocycles. The molecule has 1 heterocycles. The highest BCUT2D eigenvalue weighted by atomic mass is 16.1. The molecule has 0 atom stereocenters. The van der Waals surface area contributed by atoms with Crippen molar-refractivity contribution in [2.24, 2.45) is 5.92 Å². The molecule has 35 heavy (non-hydrogen) atoms. The van der Waals surface area contributed by atoms with Crippen LogP contribution in [0.25, 0.3) is 0 Å². The van der Waals surface area contributed by atoms with Gasteiger partial charge in [0, 0.05) is 28.9 Å². The first kappa shape index (κ1) is 24.9. The number of rotatable bonds is 6. The lowest BCUT2D eigenvalue weighted by molar-refractivity contribution is 0.102. The number of nitrogens with zero attached hydrogens (tertiary/aromatic N) is 1. The molecule has 0 unspecified atom stereocenters. The molecule has 0 saturated carbocycles. The Bertz CT molecular complexity index is 1170. The van der Waals surface area contributed by atoms with Crippen molar-refractivity contribution in [2.45, 2.75) is 52.5 Å². The zero-order valence-corrected chi connectivity index (χ0v) is 21.3. The molecule has 1 aliphatic rings. The van der Waals surface area contributed by atoms with Gasteiger partial charge in [-0.3, -0.25) is 14.5 Å². The van der Waals surface area contributed by atoms with E-state index in [0.717, 1.165) is 25.6 Å². The fourth-order valence-corrected chi connectivity index (χ4v) is 4.47. The van der Waals surface area contributed by atoms with Crippen molar-refractivity contribution in [3.05, 3.63) is 101 Å². The number of likely N-dealkylation sites (tertiary alicyclic amines) is 1. The Morgan fingerprint density at radius 3 is 2.11 bits per heavy atom. The Morgan fingerprint density at radius 1 is 0.857 bits per heavy atom. The number of hydrogen-bond acceptors (Lipinski definition) is 3. The van der Waals surface area contributed by atoms with Crippen LogP contribution in [0, 0.1) is 5.92 Å². The van der Waals surface area contributed by atoms with Crippen LogP contribution >= 0.6 is 0 Å². The van der Waals surface area contributed by atoms with Crippen LogP contribution in [0.1, 0.15) is 77.9 Å². The van der Waals surface area contributed by atoms with Gasteiger partial charge >= 0.3 is 0 Å². The van der Waals surface area contributed by atoms with Crippen molar-refractivity contribution >= 4 is 17.4 Å². The van der Waals surface area contributed by atoms with Crippen LogP contribution in [0.5, 0.6) is 0 Å². The first-order valence-electron chi connectivity index (χ1n) is 12.6. The molecule has 0 radical (unpaired) electrons. The monoisotopic (exact) mass is 468 g/mol. The molecule has 3 aromatic rings. The van der Waals surface area contributed by atoms with Gasteiger partial charge < -0.3 is 5.32 Å². The number of anilines is 1. The SMILES string of the molecule is CC1CCN(Cc2ccc(C(=O)Nc3cccc(C(=O)c4ccc(C(C)(C)C)cc4)c3)cc2)CC1. The van der Waals surface area contributed by atoms with Gasteiger partial charge in [0.25, 0.3) is 5.91 Å². The van der Waals surface area contributed by atoms with Gasteiger partial charge in [-0.15, -0.1) is 0 Å². The summed E-state index contributed by atoms with van der Waals surface area (Å²) in [4.78, 5) is 28.3. The Morgan fingerprint density at radius 2 is 1.49 bits per heavy atom. The van der Waals surface area contributed by atoms with Crippen LogP contribution in [0.4, 0.5) is 5.69 Å². The third-order valence-electron chi connectivity index (χ3n) is 6.89. The Balaban J connectivity index is 1.39. The molecule has 3 aromatic carbocycles. The molecule has 4 rings (SSSR count). The molecule has 1 aliphatic heterocycles. The second-order valence-corrected chi connectivity index (χ2v) is 10.8. The average Bonchev–Trinajstić information content (AvgIpc) is 2.85. The van der Waals surface area contributed by atoms with E-state index in [1.807, 2.05) is 54.6 Å². The van der Waals surface area contributed by atoms with E-state index in [2.05, 4.69) is 37.9 Å². The fraction of sp³-hybridized carbons (Fsp3) is 0.355. The van der Waals surface area contributed by atoms with Crippen LogP contribution in [-0.2, 0) is 12.0 Å². The lowest BCUT2D eigenvalue weighted by Crippen LogP contribution is -2.32. The van der Waals surface area contributed by atoms with E-state index in [0.29, 0.717) is 22.4 Å². The summed E-state index contributed by atoms with van der Waals surface area (Å²) < 4.78 is 0. The molecule has 1 amide bonds. The normalized spacial score (nSPS) is 15.1. The van der Waals surface area contributed by atoms with E-state index < -0.39 is 0 Å². The molecule has 4 heteroatoms. The Hall–Kier alpha value is -3.24. The zero-order valence-electron chi connectivity index (χ0n) is 21.3. The second kappa shape index (κ2) is 10.6. The van der Waals surface area contributed by atoms with E-state index in [-0.39, 0.29) is 17.1 Å². The van der Waals surface area contributed by atoms with Gasteiger partial charge in [0.05, 0.1) is 0 Å². The molecule has 1 saturated heterocycles. The third kappa shape index (κ3) is 6.46. The summed E-state index contributed by atoms with van der Waals surface area (Å²) >= 11 is 0. The first-order valence-corrected chi connectivity index (χ1v) is 12.6. The quantitative estimate of drug-likeness (QED) is 0.410. The maximum Gasteiger partial charge on any atom is 0.255 e. The van der Waals surface area contributed by atoms with Crippen molar-refractivity contribution in [2.75, 3.05) is 18.4 Å². The smallest absolute Gasteiger partial charge is 0.255 e. The number of nitrogens with one attached hydrogen (secondary N) is 1. The fourth-order valence-electron chi connectivity index (χ4n) is 4.47. The minimum atomic E-state index is -0.178. The van der Waals surface area contributed by atoms with Crippen LogP contribution < -0.4 is 5.32 Å². The van der Waals surface area contributed by atoms with Crippen molar-refractivity contribution in [3.63, 3.8) is 0 Å². The van der Waals surface area contributed by atoms with Gasteiger partial charge in [-0.2, -0.15) is 0 Å². The topological polar surface area (TPSA) is 49.4 Å².